The van der Waals surface area contributed by atoms with E-state index in [9.17, 15) is 9.59 Å². The molecule has 0 aliphatic rings. The van der Waals surface area contributed by atoms with Gasteiger partial charge in [-0.1, -0.05) is 61.0 Å². The second-order valence-electron chi connectivity index (χ2n) is 7.92. The molecule has 2 aromatic carbocycles. The number of aryl methyl sites for hydroxylation is 2. The minimum absolute atomic E-state index is 0.0130. The number of carbonyl (C=O) groups is 2. The van der Waals surface area contributed by atoms with Crippen LogP contribution in [0.2, 0.25) is 0 Å². The van der Waals surface area contributed by atoms with Crippen molar-refractivity contribution >= 4 is 23.6 Å². The van der Waals surface area contributed by atoms with E-state index in [4.69, 9.17) is 0 Å². The highest BCUT2D eigenvalue weighted by Crippen LogP contribution is 2.18. The second kappa shape index (κ2) is 11.8. The number of benzene rings is 2. The lowest BCUT2D eigenvalue weighted by molar-refractivity contribution is -0.138. The molecule has 0 bridgehead atoms. The van der Waals surface area contributed by atoms with Crippen molar-refractivity contribution in [2.45, 2.75) is 65.4 Å². The fourth-order valence-corrected chi connectivity index (χ4v) is 4.03. The Morgan fingerprint density at radius 1 is 1.03 bits per heavy atom. The van der Waals surface area contributed by atoms with Gasteiger partial charge in [0.2, 0.25) is 11.8 Å². The molecule has 0 saturated heterocycles. The Kier molecular flexibility index (Phi) is 9.44. The number of hydrogen-bond acceptors (Lipinski definition) is 3. The summed E-state index contributed by atoms with van der Waals surface area (Å²) < 4.78 is 0. The van der Waals surface area contributed by atoms with Crippen LogP contribution in [0.1, 0.15) is 49.4 Å². The van der Waals surface area contributed by atoms with E-state index < -0.39 is 6.04 Å². The molecule has 0 heterocycles. The third-order valence-corrected chi connectivity index (χ3v) is 6.35. The van der Waals surface area contributed by atoms with E-state index in [1.54, 1.807) is 16.7 Å². The summed E-state index contributed by atoms with van der Waals surface area (Å²) in [5.74, 6) is 1.01. The number of nitrogens with zero attached hydrogens (tertiary/aromatic N) is 1. The first-order valence-corrected chi connectivity index (χ1v) is 11.7. The molecule has 2 rings (SSSR count). The Morgan fingerprint density at radius 2 is 1.70 bits per heavy atom. The lowest BCUT2D eigenvalue weighted by Gasteiger charge is -2.29. The van der Waals surface area contributed by atoms with Gasteiger partial charge < -0.3 is 10.2 Å². The van der Waals surface area contributed by atoms with Crippen LogP contribution in [0.5, 0.6) is 0 Å². The van der Waals surface area contributed by atoms with E-state index in [1.165, 1.54) is 16.7 Å². The van der Waals surface area contributed by atoms with Crippen molar-refractivity contribution in [2.75, 3.05) is 5.75 Å². The largest absolute Gasteiger partial charge is 0.352 e. The summed E-state index contributed by atoms with van der Waals surface area (Å²) in [7, 11) is 0. The van der Waals surface area contributed by atoms with Crippen LogP contribution >= 0.6 is 11.8 Å². The van der Waals surface area contributed by atoms with Crippen molar-refractivity contribution in [2.24, 2.45) is 0 Å². The van der Waals surface area contributed by atoms with Gasteiger partial charge in [-0.2, -0.15) is 0 Å². The summed E-state index contributed by atoms with van der Waals surface area (Å²) >= 11 is 1.59. The molecule has 0 unspecified atom stereocenters. The predicted molar refractivity (Wildman–Crippen MR) is 126 cm³/mol. The normalized spacial score (nSPS) is 12.8. The van der Waals surface area contributed by atoms with Crippen LogP contribution in [0.15, 0.2) is 48.5 Å². The van der Waals surface area contributed by atoms with Gasteiger partial charge in [-0.3, -0.25) is 9.59 Å². The van der Waals surface area contributed by atoms with Crippen LogP contribution < -0.4 is 5.32 Å². The second-order valence-corrected chi connectivity index (χ2v) is 8.91. The van der Waals surface area contributed by atoms with Crippen LogP contribution in [0, 0.1) is 13.8 Å². The van der Waals surface area contributed by atoms with Crippen molar-refractivity contribution in [1.82, 2.24) is 10.2 Å². The quantitative estimate of drug-likeness (QED) is 0.590. The van der Waals surface area contributed by atoms with Gasteiger partial charge >= 0.3 is 0 Å². The zero-order valence-electron chi connectivity index (χ0n) is 18.8. The molecular formula is C25H34N2O2S. The fourth-order valence-electron chi connectivity index (χ4n) is 3.04. The highest BCUT2D eigenvalue weighted by molar-refractivity contribution is 7.99. The molecule has 2 amide bonds. The predicted octanol–water partition coefficient (Wildman–Crippen LogP) is 4.87. The maximum Gasteiger partial charge on any atom is 0.242 e. The van der Waals surface area contributed by atoms with Gasteiger partial charge in [-0.25, -0.2) is 0 Å². The molecule has 5 heteroatoms. The van der Waals surface area contributed by atoms with Gasteiger partial charge in [0.1, 0.15) is 6.04 Å². The summed E-state index contributed by atoms with van der Waals surface area (Å²) in [5, 5.41) is 3.01. The highest BCUT2D eigenvalue weighted by atomic mass is 32.2. The molecule has 0 aliphatic carbocycles. The molecule has 4 nitrogen and oxygen atoms in total. The summed E-state index contributed by atoms with van der Waals surface area (Å²) in [6.45, 7) is 10.4. The molecule has 2 atom stereocenters. The van der Waals surface area contributed by atoms with E-state index in [1.807, 2.05) is 64.1 Å². The Bertz CT molecular complexity index is 835. The Balaban J connectivity index is 2.08. The zero-order chi connectivity index (χ0) is 22.1. The molecular weight excluding hydrogens is 392 g/mol. The minimum atomic E-state index is -0.521. The van der Waals surface area contributed by atoms with Crippen LogP contribution in [-0.4, -0.2) is 34.6 Å². The number of hydrogen-bond donors (Lipinski definition) is 1. The molecule has 162 valence electrons. The fraction of sp³-hybridized carbons (Fsp3) is 0.440. The van der Waals surface area contributed by atoms with Crippen molar-refractivity contribution in [3.63, 3.8) is 0 Å². The molecule has 0 radical (unpaired) electrons. The van der Waals surface area contributed by atoms with Gasteiger partial charge in [0.15, 0.2) is 0 Å². The van der Waals surface area contributed by atoms with E-state index in [0.29, 0.717) is 12.3 Å². The number of carbonyl (C=O) groups excluding carboxylic acids is 2. The topological polar surface area (TPSA) is 49.4 Å². The number of amides is 2. The maximum absolute atomic E-state index is 13.1. The van der Waals surface area contributed by atoms with Gasteiger partial charge in [-0.15, -0.1) is 11.8 Å². The van der Waals surface area contributed by atoms with Crippen LogP contribution in [0.3, 0.4) is 0 Å². The molecule has 30 heavy (non-hydrogen) atoms. The molecule has 0 aliphatic heterocycles. The highest BCUT2D eigenvalue weighted by Gasteiger charge is 2.26. The zero-order valence-corrected chi connectivity index (χ0v) is 19.6. The molecule has 0 spiro atoms. The van der Waals surface area contributed by atoms with Gasteiger partial charge in [0.05, 0.1) is 5.75 Å². The molecule has 0 saturated carbocycles. The van der Waals surface area contributed by atoms with Crippen LogP contribution in [0.25, 0.3) is 0 Å². The first-order valence-electron chi connectivity index (χ1n) is 10.6. The number of rotatable bonds is 10. The summed E-state index contributed by atoms with van der Waals surface area (Å²) in [6, 6.07) is 15.9. The summed E-state index contributed by atoms with van der Waals surface area (Å²) in [5.41, 5.74) is 4.67. The van der Waals surface area contributed by atoms with Crippen LogP contribution in [-0.2, 0) is 21.9 Å². The van der Waals surface area contributed by atoms with E-state index >= 15 is 0 Å². The Morgan fingerprint density at radius 3 is 2.33 bits per heavy atom. The summed E-state index contributed by atoms with van der Waals surface area (Å²) in [4.78, 5) is 27.5. The third kappa shape index (κ3) is 7.21. The molecule has 2 aromatic rings. The van der Waals surface area contributed by atoms with E-state index in [0.717, 1.165) is 17.7 Å². The average Bonchev–Trinajstić information content (AvgIpc) is 2.73. The number of nitrogens with one attached hydrogen (secondary N) is 1. The van der Waals surface area contributed by atoms with Crippen molar-refractivity contribution in [3.8, 4) is 0 Å². The lowest BCUT2D eigenvalue weighted by atomic mass is 10.1. The monoisotopic (exact) mass is 426 g/mol. The SMILES string of the molecule is CC[C@H](C)NC(=O)[C@@H](C)N(Cc1ccc(C)cc1)C(=O)CSCc1ccccc1C. The van der Waals surface area contributed by atoms with Crippen molar-refractivity contribution in [3.05, 3.63) is 70.8 Å². The Hall–Kier alpha value is -2.27. The van der Waals surface area contributed by atoms with Crippen molar-refractivity contribution in [1.29, 1.82) is 0 Å². The third-order valence-electron chi connectivity index (χ3n) is 5.39. The average molecular weight is 427 g/mol. The molecule has 0 aromatic heterocycles. The standard InChI is InChI=1S/C25H34N2O2S/c1-6-20(4)26-25(29)21(5)27(15-22-13-11-18(2)12-14-22)24(28)17-30-16-23-10-8-7-9-19(23)3/h7-14,20-21H,6,15-17H2,1-5H3,(H,26,29)/t20-,21+/m0/s1. The maximum atomic E-state index is 13.1. The lowest BCUT2D eigenvalue weighted by Crippen LogP contribution is -2.50. The van der Waals surface area contributed by atoms with Gasteiger partial charge in [0, 0.05) is 18.3 Å². The summed E-state index contributed by atoms with van der Waals surface area (Å²) in [6.07, 6.45) is 0.858. The smallest absolute Gasteiger partial charge is 0.242 e. The van der Waals surface area contributed by atoms with E-state index in [-0.39, 0.29) is 17.9 Å². The van der Waals surface area contributed by atoms with Gasteiger partial charge in [-0.05, 0) is 50.8 Å². The first kappa shape index (κ1) is 24.0. The van der Waals surface area contributed by atoms with E-state index in [2.05, 4.69) is 24.4 Å². The van der Waals surface area contributed by atoms with Crippen molar-refractivity contribution < 1.29 is 9.59 Å². The minimum Gasteiger partial charge on any atom is -0.352 e. The first-order chi connectivity index (χ1) is 14.3. The Labute approximate surface area is 185 Å². The van der Waals surface area contributed by atoms with Gasteiger partial charge in [0.25, 0.3) is 0 Å². The molecule has 0 fully saturated rings. The number of thioether (sulfide) groups is 1. The van der Waals surface area contributed by atoms with Crippen LogP contribution in [0.4, 0.5) is 0 Å². The molecule has 1 N–H and O–H groups in total.